The molecule has 0 amide bonds. The van der Waals surface area contributed by atoms with E-state index in [2.05, 4.69) is 14.9 Å². The van der Waals surface area contributed by atoms with Crippen molar-refractivity contribution in [3.63, 3.8) is 0 Å². The third-order valence-corrected chi connectivity index (χ3v) is 2.97. The second kappa shape index (κ2) is 4.18. The van der Waals surface area contributed by atoms with Gasteiger partial charge in [-0.25, -0.2) is 4.98 Å². The lowest BCUT2D eigenvalue weighted by Gasteiger charge is -2.28. The molecule has 0 bridgehead atoms. The standard InChI is InChI=1S/C12H13N3O2/c16-12-11-9(1-2-13-12)7-10(8-14-11)15-3-5-17-6-4-15/h1-2,7-8H,3-6H2,(H,13,16). The molecule has 88 valence electrons. The van der Waals surface area contributed by atoms with Crippen LogP contribution >= 0.6 is 0 Å². The average molecular weight is 231 g/mol. The van der Waals surface area contributed by atoms with E-state index < -0.39 is 0 Å². The van der Waals surface area contributed by atoms with E-state index in [9.17, 15) is 4.79 Å². The maximum absolute atomic E-state index is 11.5. The van der Waals surface area contributed by atoms with Gasteiger partial charge in [-0.1, -0.05) is 0 Å². The van der Waals surface area contributed by atoms with Crippen LogP contribution in [0.15, 0.2) is 29.3 Å². The van der Waals surface area contributed by atoms with Gasteiger partial charge in [-0.05, 0) is 12.1 Å². The number of ether oxygens (including phenoxy) is 1. The number of morpholine rings is 1. The van der Waals surface area contributed by atoms with E-state index in [0.29, 0.717) is 5.52 Å². The van der Waals surface area contributed by atoms with Crippen molar-refractivity contribution in [2.24, 2.45) is 0 Å². The Kier molecular flexibility index (Phi) is 2.53. The first kappa shape index (κ1) is 10.3. The van der Waals surface area contributed by atoms with Crippen LogP contribution in [0.25, 0.3) is 10.9 Å². The number of nitrogens with zero attached hydrogens (tertiary/aromatic N) is 2. The summed E-state index contributed by atoms with van der Waals surface area (Å²) in [5.41, 5.74) is 1.40. The summed E-state index contributed by atoms with van der Waals surface area (Å²) in [7, 11) is 0. The monoisotopic (exact) mass is 231 g/mol. The van der Waals surface area contributed by atoms with Crippen molar-refractivity contribution >= 4 is 16.6 Å². The number of fused-ring (bicyclic) bond motifs is 1. The number of pyridine rings is 2. The Morgan fingerprint density at radius 2 is 2.18 bits per heavy atom. The lowest BCUT2D eigenvalue weighted by atomic mass is 10.2. The lowest BCUT2D eigenvalue weighted by molar-refractivity contribution is 0.122. The van der Waals surface area contributed by atoms with E-state index in [1.807, 2.05) is 12.1 Å². The van der Waals surface area contributed by atoms with Crippen molar-refractivity contribution in [3.05, 3.63) is 34.9 Å². The van der Waals surface area contributed by atoms with Crippen LogP contribution in [-0.2, 0) is 4.74 Å². The number of nitrogens with one attached hydrogen (secondary N) is 1. The molecule has 17 heavy (non-hydrogen) atoms. The number of hydrogen-bond donors (Lipinski definition) is 1. The van der Waals surface area contributed by atoms with Crippen LogP contribution in [0.5, 0.6) is 0 Å². The fourth-order valence-electron chi connectivity index (χ4n) is 2.06. The van der Waals surface area contributed by atoms with Crippen molar-refractivity contribution in [2.75, 3.05) is 31.2 Å². The fourth-order valence-corrected chi connectivity index (χ4v) is 2.06. The van der Waals surface area contributed by atoms with E-state index in [-0.39, 0.29) is 5.56 Å². The smallest absolute Gasteiger partial charge is 0.274 e. The van der Waals surface area contributed by atoms with Crippen LogP contribution in [0.1, 0.15) is 0 Å². The summed E-state index contributed by atoms with van der Waals surface area (Å²) in [6.07, 6.45) is 3.40. The molecule has 2 aromatic rings. The van der Waals surface area contributed by atoms with Crippen LogP contribution in [0.4, 0.5) is 5.69 Å². The molecule has 3 rings (SSSR count). The highest BCUT2D eigenvalue weighted by molar-refractivity contribution is 5.80. The Morgan fingerprint density at radius 3 is 3.00 bits per heavy atom. The molecule has 0 saturated carbocycles. The fraction of sp³-hybridized carbons (Fsp3) is 0.333. The molecule has 1 fully saturated rings. The third kappa shape index (κ3) is 1.89. The third-order valence-electron chi connectivity index (χ3n) is 2.97. The van der Waals surface area contributed by atoms with Gasteiger partial charge in [0.25, 0.3) is 5.56 Å². The van der Waals surface area contributed by atoms with Gasteiger partial charge in [-0.2, -0.15) is 0 Å². The number of aromatic amines is 1. The highest BCUT2D eigenvalue weighted by atomic mass is 16.5. The summed E-state index contributed by atoms with van der Waals surface area (Å²) in [5.74, 6) is 0. The Morgan fingerprint density at radius 1 is 1.35 bits per heavy atom. The molecule has 0 radical (unpaired) electrons. The molecule has 1 N–H and O–H groups in total. The zero-order chi connectivity index (χ0) is 11.7. The predicted molar refractivity (Wildman–Crippen MR) is 65.4 cm³/mol. The molecule has 0 unspecified atom stereocenters. The lowest BCUT2D eigenvalue weighted by Crippen LogP contribution is -2.36. The van der Waals surface area contributed by atoms with E-state index in [0.717, 1.165) is 37.4 Å². The molecule has 3 heterocycles. The van der Waals surface area contributed by atoms with Gasteiger partial charge in [0.2, 0.25) is 0 Å². The van der Waals surface area contributed by atoms with Crippen molar-refractivity contribution in [1.29, 1.82) is 0 Å². The summed E-state index contributed by atoms with van der Waals surface area (Å²) >= 11 is 0. The van der Waals surface area contributed by atoms with E-state index in [1.165, 1.54) is 0 Å². The van der Waals surface area contributed by atoms with Gasteiger partial charge < -0.3 is 14.6 Å². The molecular weight excluding hydrogens is 218 g/mol. The number of H-pyrrole nitrogens is 1. The minimum atomic E-state index is -0.143. The molecule has 0 spiro atoms. The predicted octanol–water partition coefficient (Wildman–Crippen LogP) is 0.760. The Bertz CT molecular complexity index is 588. The van der Waals surface area contributed by atoms with Gasteiger partial charge in [-0.15, -0.1) is 0 Å². The SMILES string of the molecule is O=c1[nH]ccc2cc(N3CCOCC3)cnc12. The first-order valence-corrected chi connectivity index (χ1v) is 5.65. The number of hydrogen-bond acceptors (Lipinski definition) is 4. The van der Waals surface area contributed by atoms with Gasteiger partial charge in [0.05, 0.1) is 25.1 Å². The van der Waals surface area contributed by atoms with Gasteiger partial charge >= 0.3 is 0 Å². The highest BCUT2D eigenvalue weighted by Gasteiger charge is 2.12. The summed E-state index contributed by atoms with van der Waals surface area (Å²) in [5, 5.41) is 0.873. The van der Waals surface area contributed by atoms with Gasteiger partial charge in [0, 0.05) is 24.7 Å². The Hall–Kier alpha value is -1.88. The maximum atomic E-state index is 11.5. The van der Waals surface area contributed by atoms with Crippen molar-refractivity contribution in [2.45, 2.75) is 0 Å². The van der Waals surface area contributed by atoms with Crippen LogP contribution in [0.2, 0.25) is 0 Å². The Labute approximate surface area is 98.0 Å². The topological polar surface area (TPSA) is 58.2 Å². The quantitative estimate of drug-likeness (QED) is 0.787. The zero-order valence-corrected chi connectivity index (χ0v) is 9.35. The highest BCUT2D eigenvalue weighted by Crippen LogP contribution is 2.18. The van der Waals surface area contributed by atoms with Gasteiger partial charge in [0.1, 0.15) is 5.52 Å². The summed E-state index contributed by atoms with van der Waals surface area (Å²) in [6.45, 7) is 3.23. The Balaban J connectivity index is 2.04. The first-order chi connectivity index (χ1) is 8.34. The summed E-state index contributed by atoms with van der Waals surface area (Å²) < 4.78 is 5.31. The minimum Gasteiger partial charge on any atom is -0.378 e. The van der Waals surface area contributed by atoms with Crippen LogP contribution in [-0.4, -0.2) is 36.3 Å². The summed E-state index contributed by atoms with van der Waals surface area (Å²) in [6, 6.07) is 3.87. The van der Waals surface area contributed by atoms with Crippen molar-refractivity contribution in [3.8, 4) is 0 Å². The van der Waals surface area contributed by atoms with Crippen molar-refractivity contribution < 1.29 is 4.74 Å². The molecule has 5 heteroatoms. The summed E-state index contributed by atoms with van der Waals surface area (Å²) in [4.78, 5) is 20.6. The molecule has 5 nitrogen and oxygen atoms in total. The first-order valence-electron chi connectivity index (χ1n) is 5.65. The minimum absolute atomic E-state index is 0.143. The van der Waals surface area contributed by atoms with Crippen LogP contribution in [0, 0.1) is 0 Å². The number of rotatable bonds is 1. The molecule has 1 aliphatic heterocycles. The maximum Gasteiger partial charge on any atom is 0.274 e. The molecular formula is C12H13N3O2. The number of anilines is 1. The van der Waals surface area contributed by atoms with Crippen LogP contribution < -0.4 is 10.5 Å². The molecule has 0 aliphatic carbocycles. The molecule has 0 atom stereocenters. The second-order valence-electron chi connectivity index (χ2n) is 4.04. The van der Waals surface area contributed by atoms with Gasteiger partial charge in [-0.3, -0.25) is 4.79 Å². The second-order valence-corrected chi connectivity index (χ2v) is 4.04. The van der Waals surface area contributed by atoms with E-state index in [4.69, 9.17) is 4.74 Å². The van der Waals surface area contributed by atoms with E-state index in [1.54, 1.807) is 12.4 Å². The molecule has 0 aromatic carbocycles. The average Bonchev–Trinajstić information content (AvgIpc) is 2.40. The molecule has 1 aliphatic rings. The largest absolute Gasteiger partial charge is 0.378 e. The van der Waals surface area contributed by atoms with Crippen LogP contribution in [0.3, 0.4) is 0 Å². The molecule has 2 aromatic heterocycles. The van der Waals surface area contributed by atoms with E-state index >= 15 is 0 Å². The molecule has 1 saturated heterocycles. The van der Waals surface area contributed by atoms with Gasteiger partial charge in [0.15, 0.2) is 0 Å². The normalized spacial score (nSPS) is 16.4. The number of aromatic nitrogens is 2. The van der Waals surface area contributed by atoms with Crippen molar-refractivity contribution in [1.82, 2.24) is 9.97 Å². The zero-order valence-electron chi connectivity index (χ0n) is 9.35.